The SMILES string of the molecule is NC(=O)C1CCN(C(=O)c2ccnc(OC3CCSC3)c2)CC1. The zero-order chi connectivity index (χ0) is 16.2. The summed E-state index contributed by atoms with van der Waals surface area (Å²) >= 11 is 1.87. The summed E-state index contributed by atoms with van der Waals surface area (Å²) < 4.78 is 5.84. The van der Waals surface area contributed by atoms with Crippen molar-refractivity contribution in [1.29, 1.82) is 0 Å². The molecule has 2 saturated heterocycles. The van der Waals surface area contributed by atoms with Crippen LogP contribution in [-0.2, 0) is 4.79 Å². The maximum Gasteiger partial charge on any atom is 0.254 e. The van der Waals surface area contributed by atoms with Gasteiger partial charge in [-0.05, 0) is 31.1 Å². The zero-order valence-electron chi connectivity index (χ0n) is 12.9. The van der Waals surface area contributed by atoms with Gasteiger partial charge in [-0.15, -0.1) is 0 Å². The van der Waals surface area contributed by atoms with Gasteiger partial charge in [0.2, 0.25) is 11.8 Å². The monoisotopic (exact) mass is 335 g/mol. The van der Waals surface area contributed by atoms with E-state index in [9.17, 15) is 9.59 Å². The molecular weight excluding hydrogens is 314 g/mol. The van der Waals surface area contributed by atoms with Crippen molar-refractivity contribution in [3.8, 4) is 5.88 Å². The topological polar surface area (TPSA) is 85.5 Å². The van der Waals surface area contributed by atoms with Gasteiger partial charge in [-0.1, -0.05) is 0 Å². The van der Waals surface area contributed by atoms with E-state index in [2.05, 4.69) is 4.98 Å². The molecule has 2 aliphatic rings. The zero-order valence-corrected chi connectivity index (χ0v) is 13.8. The van der Waals surface area contributed by atoms with E-state index in [1.54, 1.807) is 23.2 Å². The Hall–Kier alpha value is -1.76. The fraction of sp³-hybridized carbons (Fsp3) is 0.562. The highest BCUT2D eigenvalue weighted by Crippen LogP contribution is 2.23. The van der Waals surface area contributed by atoms with Crippen LogP contribution >= 0.6 is 11.8 Å². The third-order valence-corrected chi connectivity index (χ3v) is 5.47. The largest absolute Gasteiger partial charge is 0.473 e. The first kappa shape index (κ1) is 16.1. The number of rotatable bonds is 4. The minimum absolute atomic E-state index is 0.0408. The van der Waals surface area contributed by atoms with Gasteiger partial charge in [0.1, 0.15) is 6.10 Å². The number of hydrogen-bond donors (Lipinski definition) is 1. The first-order valence-electron chi connectivity index (χ1n) is 7.92. The molecule has 0 spiro atoms. The number of likely N-dealkylation sites (tertiary alicyclic amines) is 1. The molecule has 2 amide bonds. The lowest BCUT2D eigenvalue weighted by Crippen LogP contribution is -2.41. The number of amides is 2. The molecule has 2 N–H and O–H groups in total. The van der Waals surface area contributed by atoms with Crippen LogP contribution < -0.4 is 10.5 Å². The number of pyridine rings is 1. The normalized spacial score (nSPS) is 22.1. The van der Waals surface area contributed by atoms with Crippen molar-refractivity contribution in [2.24, 2.45) is 11.7 Å². The Kier molecular flexibility index (Phi) is 5.05. The summed E-state index contributed by atoms with van der Waals surface area (Å²) in [5.41, 5.74) is 5.91. The summed E-state index contributed by atoms with van der Waals surface area (Å²) in [5, 5.41) is 0. The number of aromatic nitrogens is 1. The molecule has 1 atom stereocenters. The number of nitrogens with zero attached hydrogens (tertiary/aromatic N) is 2. The van der Waals surface area contributed by atoms with E-state index in [1.165, 1.54) is 0 Å². The second-order valence-electron chi connectivity index (χ2n) is 5.96. The Labute approximate surface area is 139 Å². The molecule has 0 radical (unpaired) electrons. The number of primary amides is 1. The fourth-order valence-electron chi connectivity index (χ4n) is 2.93. The van der Waals surface area contributed by atoms with Gasteiger partial charge in [-0.2, -0.15) is 11.8 Å². The Morgan fingerprint density at radius 1 is 1.30 bits per heavy atom. The molecule has 3 rings (SSSR count). The number of ether oxygens (including phenoxy) is 1. The van der Waals surface area contributed by atoms with Gasteiger partial charge in [-0.3, -0.25) is 9.59 Å². The molecule has 23 heavy (non-hydrogen) atoms. The molecule has 1 unspecified atom stereocenters. The van der Waals surface area contributed by atoms with Crippen molar-refractivity contribution in [2.45, 2.75) is 25.4 Å². The van der Waals surface area contributed by atoms with Gasteiger partial charge in [-0.25, -0.2) is 4.98 Å². The van der Waals surface area contributed by atoms with Crippen LogP contribution in [0.4, 0.5) is 0 Å². The minimum Gasteiger partial charge on any atom is -0.473 e. The predicted molar refractivity (Wildman–Crippen MR) is 88.4 cm³/mol. The van der Waals surface area contributed by atoms with Gasteiger partial charge in [0.15, 0.2) is 0 Å². The van der Waals surface area contributed by atoms with Gasteiger partial charge in [0.05, 0.1) is 0 Å². The highest BCUT2D eigenvalue weighted by atomic mass is 32.2. The van der Waals surface area contributed by atoms with Crippen molar-refractivity contribution in [3.63, 3.8) is 0 Å². The van der Waals surface area contributed by atoms with Crippen LogP contribution in [0.25, 0.3) is 0 Å². The Balaban J connectivity index is 1.62. The molecule has 0 aliphatic carbocycles. The Morgan fingerprint density at radius 3 is 2.74 bits per heavy atom. The number of carbonyl (C=O) groups excluding carboxylic acids is 2. The number of nitrogens with two attached hydrogens (primary N) is 1. The molecule has 0 bridgehead atoms. The molecule has 6 nitrogen and oxygen atoms in total. The first-order chi connectivity index (χ1) is 11.1. The van der Waals surface area contributed by atoms with Gasteiger partial charge in [0.25, 0.3) is 5.91 Å². The molecule has 2 fully saturated rings. The maximum atomic E-state index is 12.6. The summed E-state index contributed by atoms with van der Waals surface area (Å²) in [6, 6.07) is 3.42. The second kappa shape index (κ2) is 7.21. The smallest absolute Gasteiger partial charge is 0.254 e. The van der Waals surface area contributed by atoms with E-state index in [0.717, 1.165) is 17.9 Å². The van der Waals surface area contributed by atoms with Crippen LogP contribution in [0, 0.1) is 5.92 Å². The highest BCUT2D eigenvalue weighted by molar-refractivity contribution is 7.99. The number of piperidine rings is 1. The van der Waals surface area contributed by atoms with Gasteiger partial charge < -0.3 is 15.4 Å². The van der Waals surface area contributed by atoms with Gasteiger partial charge in [0, 0.05) is 42.6 Å². The van der Waals surface area contributed by atoms with Crippen molar-refractivity contribution in [1.82, 2.24) is 9.88 Å². The molecule has 1 aromatic heterocycles. The molecule has 1 aromatic rings. The summed E-state index contributed by atoms with van der Waals surface area (Å²) in [6.45, 7) is 1.12. The Morgan fingerprint density at radius 2 is 2.09 bits per heavy atom. The van der Waals surface area contributed by atoms with E-state index < -0.39 is 0 Å². The molecule has 3 heterocycles. The first-order valence-corrected chi connectivity index (χ1v) is 9.08. The second-order valence-corrected chi connectivity index (χ2v) is 7.10. The van der Waals surface area contributed by atoms with Crippen LogP contribution in [0.1, 0.15) is 29.6 Å². The number of thioether (sulfide) groups is 1. The van der Waals surface area contributed by atoms with E-state index in [0.29, 0.717) is 37.4 Å². The molecule has 7 heteroatoms. The molecule has 124 valence electrons. The lowest BCUT2D eigenvalue weighted by molar-refractivity contribution is -0.123. The van der Waals surface area contributed by atoms with Crippen LogP contribution in [-0.4, -0.2) is 52.4 Å². The van der Waals surface area contributed by atoms with Crippen molar-refractivity contribution in [3.05, 3.63) is 23.9 Å². The highest BCUT2D eigenvalue weighted by Gasteiger charge is 2.27. The molecular formula is C16H21N3O3S. The molecule has 0 aromatic carbocycles. The van der Waals surface area contributed by atoms with Crippen molar-refractivity contribution >= 4 is 23.6 Å². The van der Waals surface area contributed by atoms with Crippen LogP contribution in [0.3, 0.4) is 0 Å². The predicted octanol–water partition coefficient (Wildman–Crippen LogP) is 1.30. The van der Waals surface area contributed by atoms with Crippen LogP contribution in [0.5, 0.6) is 5.88 Å². The third kappa shape index (κ3) is 3.96. The van der Waals surface area contributed by atoms with Crippen LogP contribution in [0.2, 0.25) is 0 Å². The number of hydrogen-bond acceptors (Lipinski definition) is 5. The van der Waals surface area contributed by atoms with E-state index in [-0.39, 0.29) is 23.8 Å². The van der Waals surface area contributed by atoms with Crippen molar-refractivity contribution < 1.29 is 14.3 Å². The van der Waals surface area contributed by atoms with E-state index in [4.69, 9.17) is 10.5 Å². The minimum atomic E-state index is -0.272. The van der Waals surface area contributed by atoms with Crippen LogP contribution in [0.15, 0.2) is 18.3 Å². The van der Waals surface area contributed by atoms with Gasteiger partial charge >= 0.3 is 0 Å². The summed E-state index contributed by atoms with van der Waals surface area (Å²) in [7, 11) is 0. The molecule has 2 aliphatic heterocycles. The fourth-order valence-corrected chi connectivity index (χ4v) is 4.03. The standard InChI is InChI=1S/C16H21N3O3S/c17-15(20)11-2-6-19(7-3-11)16(21)12-1-5-18-14(9-12)22-13-4-8-23-10-13/h1,5,9,11,13H,2-4,6-8,10H2,(H2,17,20). The van der Waals surface area contributed by atoms with E-state index >= 15 is 0 Å². The average Bonchev–Trinajstić information content (AvgIpc) is 3.07. The quantitative estimate of drug-likeness (QED) is 0.896. The summed E-state index contributed by atoms with van der Waals surface area (Å²) in [4.78, 5) is 29.8. The third-order valence-electron chi connectivity index (χ3n) is 4.34. The lowest BCUT2D eigenvalue weighted by atomic mass is 9.96. The maximum absolute atomic E-state index is 12.6. The summed E-state index contributed by atoms with van der Waals surface area (Å²) in [5.74, 6) is 2.16. The lowest BCUT2D eigenvalue weighted by Gasteiger charge is -2.30. The molecule has 0 saturated carbocycles. The van der Waals surface area contributed by atoms with E-state index in [1.807, 2.05) is 11.8 Å². The van der Waals surface area contributed by atoms with Crippen molar-refractivity contribution in [2.75, 3.05) is 24.6 Å². The number of carbonyl (C=O) groups is 2. The average molecular weight is 335 g/mol. The summed E-state index contributed by atoms with van der Waals surface area (Å²) in [6.07, 6.45) is 4.08. The Bertz CT molecular complexity index is 582.